The summed E-state index contributed by atoms with van der Waals surface area (Å²) in [6.45, 7) is 2.47. The molecular weight excluding hydrogens is 648 g/mol. The third-order valence-corrected chi connectivity index (χ3v) is 10.0. The van der Waals surface area contributed by atoms with E-state index in [1.165, 1.54) is 11.0 Å². The second-order valence-electron chi connectivity index (χ2n) is 11.1. The highest BCUT2D eigenvalue weighted by molar-refractivity contribution is 7.89. The number of hydrogen-bond donors (Lipinski definition) is 1. The number of nitrogens with zero attached hydrogens (tertiary/aromatic N) is 4. The first-order chi connectivity index (χ1) is 21.2. The largest absolute Gasteiger partial charge is 0.462 e. The highest BCUT2D eigenvalue weighted by Gasteiger charge is 2.65. The van der Waals surface area contributed by atoms with Gasteiger partial charge in [0, 0.05) is 36.2 Å². The van der Waals surface area contributed by atoms with Gasteiger partial charge in [0.25, 0.3) is 15.8 Å². The smallest absolute Gasteiger partial charge is 0.361 e. The molecule has 1 atom stereocenters. The summed E-state index contributed by atoms with van der Waals surface area (Å²) in [4.78, 5) is 34.7. The minimum atomic E-state index is -4.16. The molecule has 3 saturated heterocycles. The Labute approximate surface area is 266 Å². The van der Waals surface area contributed by atoms with Crippen LogP contribution in [0.3, 0.4) is 0 Å². The molecule has 1 N–H and O–H groups in total. The molecule has 4 heterocycles. The number of sulfonamides is 1. The lowest BCUT2D eigenvalue weighted by Crippen LogP contribution is -2.67. The fourth-order valence-corrected chi connectivity index (χ4v) is 7.54. The zero-order chi connectivity index (χ0) is 32.6. The molecule has 0 aliphatic carbocycles. The lowest BCUT2D eigenvalue weighted by Gasteiger charge is -2.43. The number of carbonyl (C=O) groups is 2. The fourth-order valence-electron chi connectivity index (χ4n) is 5.92. The standard InChI is InChI=1S/C28H29ClN4O6S.CH4O3S/c1-2-38-26(35)28-19-32(40(36,37)24-6-4-20-15-22(29)5-3-21(20)16-24)17-25(34)33(28)18-27(39-28)9-13-31(14-10-27)23-7-11-30-12-8-23;1-5(2,3)4/h3-8,11-12,15-16H,2,9-10,13-14,17-19H2,1H3;1H3,(H,2,3,4). The average Bonchev–Trinajstić information content (AvgIpc) is 3.32. The van der Waals surface area contributed by atoms with E-state index in [1.807, 2.05) is 12.1 Å². The molecule has 6 rings (SSSR count). The van der Waals surface area contributed by atoms with Crippen LogP contribution in [0, 0.1) is 0 Å². The number of hydrogen-bond acceptors (Lipinski definition) is 10. The number of esters is 1. The molecular formula is C29H33ClN4O9S2. The van der Waals surface area contributed by atoms with E-state index >= 15 is 0 Å². The van der Waals surface area contributed by atoms with Crippen LogP contribution in [0.25, 0.3) is 10.8 Å². The number of amides is 1. The number of piperazine rings is 1. The molecule has 242 valence electrons. The zero-order valence-corrected chi connectivity index (χ0v) is 27.0. The second-order valence-corrected chi connectivity index (χ2v) is 15.0. The molecule has 0 radical (unpaired) electrons. The first-order valence-electron chi connectivity index (χ1n) is 14.1. The second kappa shape index (κ2) is 12.5. The van der Waals surface area contributed by atoms with Crippen LogP contribution in [-0.4, -0.2) is 104 Å². The van der Waals surface area contributed by atoms with E-state index in [1.54, 1.807) is 49.6 Å². The third-order valence-electron chi connectivity index (χ3n) is 7.98. The van der Waals surface area contributed by atoms with Crippen LogP contribution in [0.2, 0.25) is 5.02 Å². The van der Waals surface area contributed by atoms with Gasteiger partial charge in [0.15, 0.2) is 0 Å². The predicted molar refractivity (Wildman–Crippen MR) is 166 cm³/mol. The van der Waals surface area contributed by atoms with Crippen LogP contribution in [-0.2, 0) is 39.2 Å². The Morgan fingerprint density at radius 1 is 1.02 bits per heavy atom. The van der Waals surface area contributed by atoms with Gasteiger partial charge in [-0.15, -0.1) is 0 Å². The maximum Gasteiger partial charge on any atom is 0.361 e. The number of rotatable bonds is 5. The van der Waals surface area contributed by atoms with Crippen LogP contribution in [0.4, 0.5) is 5.69 Å². The van der Waals surface area contributed by atoms with Crippen LogP contribution < -0.4 is 4.90 Å². The monoisotopic (exact) mass is 680 g/mol. The number of carbonyl (C=O) groups excluding carboxylic acids is 2. The Bertz CT molecular complexity index is 1810. The van der Waals surface area contributed by atoms with Crippen LogP contribution >= 0.6 is 11.6 Å². The molecule has 1 spiro atoms. The van der Waals surface area contributed by atoms with E-state index in [4.69, 9.17) is 25.6 Å². The Morgan fingerprint density at radius 3 is 2.29 bits per heavy atom. The first kappa shape index (κ1) is 33.0. The van der Waals surface area contributed by atoms with Crippen molar-refractivity contribution in [1.29, 1.82) is 0 Å². The van der Waals surface area contributed by atoms with Crippen molar-refractivity contribution < 1.29 is 40.5 Å². The van der Waals surface area contributed by atoms with E-state index in [-0.39, 0.29) is 24.6 Å². The van der Waals surface area contributed by atoms with Crippen molar-refractivity contribution in [2.75, 3.05) is 50.5 Å². The molecule has 3 aliphatic heterocycles. The van der Waals surface area contributed by atoms with Crippen molar-refractivity contribution in [3.63, 3.8) is 0 Å². The summed E-state index contributed by atoms with van der Waals surface area (Å²) in [5, 5.41) is 2.02. The van der Waals surface area contributed by atoms with Gasteiger partial charge in [-0.05, 0) is 66.9 Å². The van der Waals surface area contributed by atoms with Crippen LogP contribution in [0.1, 0.15) is 19.8 Å². The molecule has 45 heavy (non-hydrogen) atoms. The quantitative estimate of drug-likeness (QED) is 0.311. The maximum atomic E-state index is 13.8. The molecule has 1 aromatic heterocycles. The minimum Gasteiger partial charge on any atom is -0.462 e. The van der Waals surface area contributed by atoms with Crippen molar-refractivity contribution in [3.05, 3.63) is 65.9 Å². The summed E-state index contributed by atoms with van der Waals surface area (Å²) in [6.07, 6.45) is 5.30. The van der Waals surface area contributed by atoms with Crippen molar-refractivity contribution >= 4 is 60.1 Å². The molecule has 13 nitrogen and oxygen atoms in total. The topological polar surface area (TPSA) is 164 Å². The summed E-state index contributed by atoms with van der Waals surface area (Å²) in [5.74, 6) is -1.26. The lowest BCUT2D eigenvalue weighted by molar-refractivity contribution is -0.206. The van der Waals surface area contributed by atoms with Gasteiger partial charge < -0.3 is 14.4 Å². The van der Waals surface area contributed by atoms with Crippen molar-refractivity contribution in [3.8, 4) is 0 Å². The predicted octanol–water partition coefficient (Wildman–Crippen LogP) is 2.55. The molecule has 3 aromatic rings. The number of pyridine rings is 1. The lowest BCUT2D eigenvalue weighted by atomic mass is 9.91. The number of fused-ring (bicyclic) bond motifs is 2. The molecule has 0 saturated carbocycles. The number of aromatic nitrogens is 1. The van der Waals surface area contributed by atoms with E-state index in [9.17, 15) is 26.4 Å². The SMILES string of the molecule is CCOC(=O)C12CN(S(=O)(=O)c3ccc4cc(Cl)ccc4c3)CC(=O)N1CC1(CCN(c3ccncc3)CC1)O2.CS(=O)(=O)O. The van der Waals surface area contributed by atoms with E-state index in [0.29, 0.717) is 42.6 Å². The van der Waals surface area contributed by atoms with Gasteiger partial charge in [-0.25, -0.2) is 13.2 Å². The highest BCUT2D eigenvalue weighted by Crippen LogP contribution is 2.45. The number of piperidine rings is 1. The van der Waals surface area contributed by atoms with Crippen molar-refractivity contribution in [1.82, 2.24) is 14.2 Å². The summed E-state index contributed by atoms with van der Waals surface area (Å²) in [5.41, 5.74) is -1.62. The van der Waals surface area contributed by atoms with Crippen molar-refractivity contribution in [2.24, 2.45) is 0 Å². The zero-order valence-electron chi connectivity index (χ0n) is 24.6. The summed E-state index contributed by atoms with van der Waals surface area (Å²) in [7, 11) is -7.82. The number of halogens is 1. The van der Waals surface area contributed by atoms with E-state index in [2.05, 4.69) is 9.88 Å². The average molecular weight is 681 g/mol. The fraction of sp³-hybridized carbons (Fsp3) is 0.414. The minimum absolute atomic E-state index is 0.0148. The van der Waals surface area contributed by atoms with E-state index in [0.717, 1.165) is 15.4 Å². The Morgan fingerprint density at radius 2 is 1.64 bits per heavy atom. The van der Waals surface area contributed by atoms with Gasteiger partial charge in [-0.3, -0.25) is 19.2 Å². The molecule has 0 bridgehead atoms. The maximum absolute atomic E-state index is 13.8. The number of benzene rings is 2. The highest BCUT2D eigenvalue weighted by atomic mass is 35.5. The van der Waals surface area contributed by atoms with Crippen LogP contribution in [0.15, 0.2) is 65.8 Å². The van der Waals surface area contributed by atoms with Gasteiger partial charge >= 0.3 is 5.97 Å². The molecule has 1 unspecified atom stereocenters. The Hall–Kier alpha value is -3.34. The van der Waals surface area contributed by atoms with Crippen LogP contribution in [0.5, 0.6) is 0 Å². The van der Waals surface area contributed by atoms with Gasteiger partial charge in [-0.1, -0.05) is 23.7 Å². The number of anilines is 1. The molecule has 2 aromatic carbocycles. The summed E-state index contributed by atoms with van der Waals surface area (Å²) < 4.78 is 66.5. The molecule has 16 heteroatoms. The first-order valence-corrected chi connectivity index (χ1v) is 17.8. The molecule has 1 amide bonds. The van der Waals surface area contributed by atoms with Crippen molar-refractivity contribution in [2.45, 2.75) is 36.0 Å². The number of ether oxygens (including phenoxy) is 2. The van der Waals surface area contributed by atoms with Gasteiger partial charge in [0.1, 0.15) is 0 Å². The normalized spacial score (nSPS) is 21.7. The molecule has 3 aliphatic rings. The van der Waals surface area contributed by atoms with Gasteiger partial charge in [0.05, 0.1) is 43.0 Å². The Kier molecular flexibility index (Phi) is 9.14. The molecule has 3 fully saturated rings. The van der Waals surface area contributed by atoms with E-state index < -0.39 is 49.9 Å². The summed E-state index contributed by atoms with van der Waals surface area (Å²) in [6, 6.07) is 13.7. The summed E-state index contributed by atoms with van der Waals surface area (Å²) >= 11 is 6.08. The van der Waals surface area contributed by atoms with Gasteiger partial charge in [-0.2, -0.15) is 12.7 Å². The Balaban J connectivity index is 0.000000743. The third kappa shape index (κ3) is 6.93. The van der Waals surface area contributed by atoms with Gasteiger partial charge in [0.2, 0.25) is 15.9 Å².